The molecule has 3 N–H and O–H groups in total. The minimum atomic E-state index is -0.805. The van der Waals surface area contributed by atoms with Crippen LogP contribution >= 0.6 is 0 Å². The first-order valence-electron chi connectivity index (χ1n) is 24.7. The number of aliphatic hydroxyl groups is 2. The van der Waals surface area contributed by atoms with Crippen molar-refractivity contribution in [3.05, 3.63) is 72.9 Å². The van der Waals surface area contributed by atoms with Gasteiger partial charge < -0.3 is 20.3 Å². The second-order valence-electron chi connectivity index (χ2n) is 16.5. The number of hydrogen-bond donors (Lipinski definition) is 3. The second kappa shape index (κ2) is 46.4. The van der Waals surface area contributed by atoms with Gasteiger partial charge in [-0.1, -0.05) is 209 Å². The molecular formula is C53H93NO5. The van der Waals surface area contributed by atoms with Crippen molar-refractivity contribution in [3.8, 4) is 0 Å². The molecule has 0 aliphatic carbocycles. The minimum Gasteiger partial charge on any atom is -0.462 e. The Kier molecular flexibility index (Phi) is 44.2. The SMILES string of the molecule is CC/C=C/C/C=C/C/C=C/C/C=C/C/C=C/CCC(=O)OC(CCCCC/C=C\CCCC)CC(=O)NC(CO)C(O)CCCCCCCCCCCCCCCCC. The largest absolute Gasteiger partial charge is 0.462 e. The van der Waals surface area contributed by atoms with Crippen LogP contribution in [0.4, 0.5) is 0 Å². The fraction of sp³-hybridized carbons (Fsp3) is 0.736. The summed E-state index contributed by atoms with van der Waals surface area (Å²) in [6.07, 6.45) is 58.3. The molecule has 0 aliphatic rings. The number of carbonyl (C=O) groups is 2. The molecule has 0 saturated carbocycles. The highest BCUT2D eigenvalue weighted by molar-refractivity contribution is 5.77. The molecule has 0 spiro atoms. The lowest BCUT2D eigenvalue weighted by molar-refractivity contribution is -0.150. The van der Waals surface area contributed by atoms with E-state index in [1.807, 2.05) is 6.08 Å². The zero-order valence-electron chi connectivity index (χ0n) is 38.6. The molecule has 0 heterocycles. The Morgan fingerprint density at radius 1 is 0.508 bits per heavy atom. The van der Waals surface area contributed by atoms with Crippen LogP contribution in [0.1, 0.15) is 226 Å². The maximum Gasteiger partial charge on any atom is 0.306 e. The number of amides is 1. The smallest absolute Gasteiger partial charge is 0.306 e. The third kappa shape index (κ3) is 41.8. The van der Waals surface area contributed by atoms with Crippen LogP contribution in [0.2, 0.25) is 0 Å². The normalized spacial score (nSPS) is 13.9. The molecule has 3 unspecified atom stereocenters. The van der Waals surface area contributed by atoms with Gasteiger partial charge in [0.25, 0.3) is 0 Å². The highest BCUT2D eigenvalue weighted by Crippen LogP contribution is 2.17. The van der Waals surface area contributed by atoms with Gasteiger partial charge in [0.15, 0.2) is 0 Å². The maximum absolute atomic E-state index is 13.1. The van der Waals surface area contributed by atoms with E-state index in [1.54, 1.807) is 0 Å². The number of rotatable bonds is 43. The molecule has 0 fully saturated rings. The predicted octanol–water partition coefficient (Wildman–Crippen LogP) is 14.6. The fourth-order valence-corrected chi connectivity index (χ4v) is 7.05. The van der Waals surface area contributed by atoms with Gasteiger partial charge in [0.1, 0.15) is 6.10 Å². The third-order valence-corrected chi connectivity index (χ3v) is 10.8. The molecule has 0 saturated heterocycles. The summed E-state index contributed by atoms with van der Waals surface area (Å²) in [6, 6.07) is -0.722. The first-order valence-corrected chi connectivity index (χ1v) is 24.7. The molecule has 340 valence electrons. The van der Waals surface area contributed by atoms with Gasteiger partial charge >= 0.3 is 5.97 Å². The summed E-state index contributed by atoms with van der Waals surface area (Å²) >= 11 is 0. The van der Waals surface area contributed by atoms with Gasteiger partial charge in [-0.3, -0.25) is 9.59 Å². The number of allylic oxidation sites excluding steroid dienone is 12. The van der Waals surface area contributed by atoms with Crippen LogP contribution in [-0.2, 0) is 14.3 Å². The first kappa shape index (κ1) is 56.3. The van der Waals surface area contributed by atoms with Crippen molar-refractivity contribution < 1.29 is 24.5 Å². The van der Waals surface area contributed by atoms with Crippen molar-refractivity contribution in [3.63, 3.8) is 0 Å². The topological polar surface area (TPSA) is 95.9 Å². The van der Waals surface area contributed by atoms with E-state index in [-0.39, 0.29) is 31.3 Å². The molecule has 0 radical (unpaired) electrons. The molecule has 3 atom stereocenters. The molecule has 6 heteroatoms. The number of hydrogen-bond acceptors (Lipinski definition) is 5. The lowest BCUT2D eigenvalue weighted by Gasteiger charge is -2.24. The van der Waals surface area contributed by atoms with Crippen molar-refractivity contribution >= 4 is 11.9 Å². The summed E-state index contributed by atoms with van der Waals surface area (Å²) in [5, 5.41) is 23.7. The average molecular weight is 824 g/mol. The number of ether oxygens (including phenoxy) is 1. The van der Waals surface area contributed by atoms with Crippen LogP contribution in [0, 0.1) is 0 Å². The van der Waals surface area contributed by atoms with E-state index in [4.69, 9.17) is 4.74 Å². The molecule has 0 aromatic rings. The zero-order chi connectivity index (χ0) is 43.1. The van der Waals surface area contributed by atoms with Crippen molar-refractivity contribution in [2.75, 3.05) is 6.61 Å². The molecule has 0 aromatic carbocycles. The monoisotopic (exact) mass is 824 g/mol. The van der Waals surface area contributed by atoms with Crippen molar-refractivity contribution in [2.45, 2.75) is 244 Å². The van der Waals surface area contributed by atoms with Crippen LogP contribution in [-0.4, -0.2) is 46.9 Å². The number of nitrogens with one attached hydrogen (secondary N) is 1. The van der Waals surface area contributed by atoms with Gasteiger partial charge in [-0.05, 0) is 77.0 Å². The van der Waals surface area contributed by atoms with E-state index < -0.39 is 18.2 Å². The summed E-state index contributed by atoms with van der Waals surface area (Å²) in [7, 11) is 0. The summed E-state index contributed by atoms with van der Waals surface area (Å²) in [5.74, 6) is -0.594. The number of aliphatic hydroxyl groups excluding tert-OH is 2. The van der Waals surface area contributed by atoms with Gasteiger partial charge in [-0.15, -0.1) is 0 Å². The Morgan fingerprint density at radius 3 is 1.44 bits per heavy atom. The molecule has 6 nitrogen and oxygen atoms in total. The van der Waals surface area contributed by atoms with Crippen molar-refractivity contribution in [2.24, 2.45) is 0 Å². The van der Waals surface area contributed by atoms with E-state index in [0.717, 1.165) is 83.5 Å². The van der Waals surface area contributed by atoms with Crippen LogP contribution in [0.3, 0.4) is 0 Å². The molecule has 59 heavy (non-hydrogen) atoms. The van der Waals surface area contributed by atoms with Crippen LogP contribution < -0.4 is 5.32 Å². The Labute approximate surface area is 364 Å². The summed E-state index contributed by atoms with van der Waals surface area (Å²) < 4.78 is 5.85. The Balaban J connectivity index is 4.59. The minimum absolute atomic E-state index is 0.0342. The van der Waals surface area contributed by atoms with Crippen molar-refractivity contribution in [1.82, 2.24) is 5.32 Å². The lowest BCUT2D eigenvalue weighted by atomic mass is 10.0. The van der Waals surface area contributed by atoms with E-state index in [9.17, 15) is 19.8 Å². The second-order valence-corrected chi connectivity index (χ2v) is 16.5. The molecular weight excluding hydrogens is 731 g/mol. The quantitative estimate of drug-likeness (QED) is 0.0323. The molecule has 0 aromatic heterocycles. The number of esters is 1. The predicted molar refractivity (Wildman–Crippen MR) is 255 cm³/mol. The lowest BCUT2D eigenvalue weighted by Crippen LogP contribution is -2.46. The van der Waals surface area contributed by atoms with E-state index in [2.05, 4.69) is 92.9 Å². The average Bonchev–Trinajstić information content (AvgIpc) is 3.23. The van der Waals surface area contributed by atoms with Crippen LogP contribution in [0.5, 0.6) is 0 Å². The van der Waals surface area contributed by atoms with Crippen LogP contribution in [0.15, 0.2) is 72.9 Å². The summed E-state index contributed by atoms with van der Waals surface area (Å²) in [4.78, 5) is 26.0. The van der Waals surface area contributed by atoms with E-state index in [0.29, 0.717) is 19.3 Å². The Hall–Kier alpha value is -2.70. The Bertz CT molecular complexity index is 1110. The number of unbranched alkanes of at least 4 members (excludes halogenated alkanes) is 19. The first-order chi connectivity index (χ1) is 29.0. The van der Waals surface area contributed by atoms with Crippen molar-refractivity contribution in [1.29, 1.82) is 0 Å². The van der Waals surface area contributed by atoms with E-state index >= 15 is 0 Å². The standard InChI is InChI=1S/C53H93NO5/c1-4-7-10-13-16-19-21-23-25-27-29-31-34-37-40-43-46-53(58)59-49(44-41-38-35-32-18-15-12-9-6-3)47-52(57)54-50(48-55)51(56)45-42-39-36-33-30-28-26-24-22-20-17-14-11-8-5-2/h7,10,15-16,18-19,23,25,29,31,37,40,49-51,55-56H,4-6,8-9,11-14,17,20-22,24,26-28,30,32-36,38-39,41-48H2,1-3H3,(H,54,57)/b10-7+,18-15-,19-16+,25-23+,31-29+,40-37+. The highest BCUT2D eigenvalue weighted by Gasteiger charge is 2.24. The van der Waals surface area contributed by atoms with Gasteiger partial charge in [-0.2, -0.15) is 0 Å². The maximum atomic E-state index is 13.1. The van der Waals surface area contributed by atoms with Crippen LogP contribution in [0.25, 0.3) is 0 Å². The Morgan fingerprint density at radius 2 is 0.932 bits per heavy atom. The molecule has 0 aliphatic heterocycles. The summed E-state index contributed by atoms with van der Waals surface area (Å²) in [5.41, 5.74) is 0. The van der Waals surface area contributed by atoms with Gasteiger partial charge in [0.05, 0.1) is 25.2 Å². The summed E-state index contributed by atoms with van der Waals surface area (Å²) in [6.45, 7) is 6.30. The van der Waals surface area contributed by atoms with Gasteiger partial charge in [-0.25, -0.2) is 0 Å². The van der Waals surface area contributed by atoms with Gasteiger partial charge in [0.2, 0.25) is 5.91 Å². The fourth-order valence-electron chi connectivity index (χ4n) is 7.05. The number of carbonyl (C=O) groups excluding carboxylic acids is 2. The third-order valence-electron chi connectivity index (χ3n) is 10.8. The molecule has 0 rings (SSSR count). The molecule has 1 amide bonds. The van der Waals surface area contributed by atoms with Gasteiger partial charge in [0, 0.05) is 6.42 Å². The van der Waals surface area contributed by atoms with E-state index in [1.165, 1.54) is 89.9 Å². The zero-order valence-corrected chi connectivity index (χ0v) is 38.6. The highest BCUT2D eigenvalue weighted by atomic mass is 16.5. The molecule has 0 bridgehead atoms.